The van der Waals surface area contributed by atoms with Crippen molar-refractivity contribution < 1.29 is 26.2 Å². The van der Waals surface area contributed by atoms with E-state index in [-0.39, 0.29) is 12.0 Å². The first-order valence-corrected chi connectivity index (χ1v) is 7.72. The molecule has 2 N–H and O–H groups in total. The minimum atomic E-state index is -4.70. The molecule has 1 aromatic rings. The highest BCUT2D eigenvalue weighted by atomic mass is 32.2. The molecule has 0 heterocycles. The fourth-order valence-electron chi connectivity index (χ4n) is 2.19. The van der Waals surface area contributed by atoms with Crippen LogP contribution in [0.15, 0.2) is 18.2 Å². The molecule has 0 aliphatic rings. The molecule has 0 amide bonds. The first-order chi connectivity index (χ1) is 9.84. The molecular formula is C14H18F5NOS. The van der Waals surface area contributed by atoms with Gasteiger partial charge in [0.05, 0.1) is 21.3 Å². The average Bonchev–Trinajstić information content (AvgIpc) is 2.36. The topological polar surface area (TPSA) is 43.1 Å². The molecule has 0 radical (unpaired) electrons. The van der Waals surface area contributed by atoms with Gasteiger partial charge >= 0.3 is 6.18 Å². The number of benzene rings is 1. The Hall–Kier alpha value is -1.02. The molecule has 0 aromatic heterocycles. The van der Waals surface area contributed by atoms with E-state index in [0.717, 1.165) is 12.1 Å². The van der Waals surface area contributed by atoms with Crippen LogP contribution < -0.4 is 5.14 Å². The molecule has 126 valence electrons. The van der Waals surface area contributed by atoms with Crippen molar-refractivity contribution in [2.75, 3.05) is 0 Å². The summed E-state index contributed by atoms with van der Waals surface area (Å²) < 4.78 is 74.7. The Labute approximate surface area is 128 Å². The van der Waals surface area contributed by atoms with Gasteiger partial charge in [-0.3, -0.25) is 5.14 Å². The van der Waals surface area contributed by atoms with Gasteiger partial charge in [-0.25, -0.2) is 13.0 Å². The first kappa shape index (κ1) is 19.0. The number of nitrogens with two attached hydrogens (primary N) is 1. The van der Waals surface area contributed by atoms with Crippen molar-refractivity contribution in [3.05, 3.63) is 34.9 Å². The fraction of sp³-hybridized carbons (Fsp3) is 0.571. The molecule has 0 saturated carbocycles. The molecule has 0 fully saturated rings. The zero-order valence-corrected chi connectivity index (χ0v) is 13.2. The van der Waals surface area contributed by atoms with Crippen molar-refractivity contribution in [1.29, 1.82) is 0 Å². The van der Waals surface area contributed by atoms with Crippen molar-refractivity contribution in [2.45, 2.75) is 50.5 Å². The van der Waals surface area contributed by atoms with E-state index in [1.54, 1.807) is 20.8 Å². The van der Waals surface area contributed by atoms with Gasteiger partial charge in [0.1, 0.15) is 0 Å². The van der Waals surface area contributed by atoms with Crippen LogP contribution in [0, 0.1) is 0 Å². The zero-order valence-electron chi connectivity index (χ0n) is 12.4. The maximum Gasteiger partial charge on any atom is 0.416 e. The Morgan fingerprint density at radius 2 is 1.64 bits per heavy atom. The third-order valence-corrected chi connectivity index (χ3v) is 4.72. The van der Waals surface area contributed by atoms with Crippen molar-refractivity contribution >= 4 is 11.0 Å². The Kier molecular flexibility index (Phi) is 5.72. The SMILES string of the molecule is C[C@H](CC(C)(C)S(N)=O)c1cc(C(F)F)cc(C(F)(F)F)c1. The lowest BCUT2D eigenvalue weighted by Crippen LogP contribution is -2.33. The summed E-state index contributed by atoms with van der Waals surface area (Å²) in [6.45, 7) is 4.82. The van der Waals surface area contributed by atoms with Crippen LogP contribution in [-0.2, 0) is 17.2 Å². The monoisotopic (exact) mass is 343 g/mol. The average molecular weight is 343 g/mol. The Balaban J connectivity index is 3.23. The summed E-state index contributed by atoms with van der Waals surface area (Å²) in [6.07, 6.45) is -7.49. The zero-order chi connectivity index (χ0) is 17.3. The number of hydrogen-bond acceptors (Lipinski definition) is 1. The van der Waals surface area contributed by atoms with Gasteiger partial charge in [-0.1, -0.05) is 6.92 Å². The van der Waals surface area contributed by atoms with Crippen LogP contribution in [0.5, 0.6) is 0 Å². The summed E-state index contributed by atoms with van der Waals surface area (Å²) in [6, 6.07) is 2.36. The van der Waals surface area contributed by atoms with Crippen LogP contribution >= 0.6 is 0 Å². The maximum atomic E-state index is 12.8. The second-order valence-corrected chi connectivity index (χ2v) is 7.55. The van der Waals surface area contributed by atoms with E-state index in [2.05, 4.69) is 0 Å². The predicted octanol–water partition coefficient (Wildman–Crippen LogP) is 4.54. The van der Waals surface area contributed by atoms with Crippen molar-refractivity contribution in [3.8, 4) is 0 Å². The minimum absolute atomic E-state index is 0.128. The highest BCUT2D eigenvalue weighted by Gasteiger charge is 2.33. The first-order valence-electron chi connectivity index (χ1n) is 6.51. The smallest absolute Gasteiger partial charge is 0.251 e. The van der Waals surface area contributed by atoms with Crippen molar-refractivity contribution in [2.24, 2.45) is 5.14 Å². The molecule has 22 heavy (non-hydrogen) atoms. The number of rotatable bonds is 5. The van der Waals surface area contributed by atoms with Crippen LogP contribution in [0.4, 0.5) is 22.0 Å². The molecule has 0 saturated heterocycles. The molecule has 0 aliphatic carbocycles. The lowest BCUT2D eigenvalue weighted by Gasteiger charge is -2.26. The van der Waals surface area contributed by atoms with Gasteiger partial charge in [0.2, 0.25) is 0 Å². The Bertz CT molecular complexity index is 557. The van der Waals surface area contributed by atoms with Gasteiger partial charge in [0, 0.05) is 5.56 Å². The third-order valence-electron chi connectivity index (χ3n) is 3.47. The maximum absolute atomic E-state index is 12.8. The molecule has 2 nitrogen and oxygen atoms in total. The molecule has 0 aliphatic heterocycles. The van der Waals surface area contributed by atoms with Gasteiger partial charge in [-0.05, 0) is 49.9 Å². The number of halogens is 5. The largest absolute Gasteiger partial charge is 0.416 e. The van der Waals surface area contributed by atoms with Gasteiger partial charge in [-0.2, -0.15) is 13.2 Å². The summed E-state index contributed by atoms with van der Waals surface area (Å²) in [4.78, 5) is 0. The van der Waals surface area contributed by atoms with Gasteiger partial charge in [0.25, 0.3) is 6.43 Å². The van der Waals surface area contributed by atoms with E-state index in [9.17, 15) is 26.2 Å². The van der Waals surface area contributed by atoms with E-state index in [0.29, 0.717) is 6.07 Å². The molecule has 2 atom stereocenters. The van der Waals surface area contributed by atoms with Crippen molar-refractivity contribution in [1.82, 2.24) is 0 Å². The van der Waals surface area contributed by atoms with Gasteiger partial charge < -0.3 is 0 Å². The molecule has 1 unspecified atom stereocenters. The molecule has 0 bridgehead atoms. The fourth-order valence-corrected chi connectivity index (χ4v) is 2.60. The minimum Gasteiger partial charge on any atom is -0.251 e. The van der Waals surface area contributed by atoms with Crippen LogP contribution in [0.25, 0.3) is 0 Å². The Morgan fingerprint density at radius 3 is 2.05 bits per heavy atom. The van der Waals surface area contributed by atoms with Gasteiger partial charge in [-0.15, -0.1) is 0 Å². The number of alkyl halides is 5. The van der Waals surface area contributed by atoms with E-state index < -0.39 is 45.4 Å². The normalized spacial score (nSPS) is 15.9. The highest BCUT2D eigenvalue weighted by molar-refractivity contribution is 7.84. The summed E-state index contributed by atoms with van der Waals surface area (Å²) in [5, 5.41) is 5.35. The number of hydrogen-bond donors (Lipinski definition) is 1. The quantitative estimate of drug-likeness (QED) is 0.784. The van der Waals surface area contributed by atoms with E-state index in [1.807, 2.05) is 0 Å². The Morgan fingerprint density at radius 1 is 1.14 bits per heavy atom. The van der Waals surface area contributed by atoms with Crippen molar-refractivity contribution in [3.63, 3.8) is 0 Å². The van der Waals surface area contributed by atoms with E-state index in [4.69, 9.17) is 5.14 Å². The molecular weight excluding hydrogens is 325 g/mol. The second kappa shape index (κ2) is 6.62. The molecule has 0 spiro atoms. The van der Waals surface area contributed by atoms with Crippen LogP contribution in [0.2, 0.25) is 0 Å². The lowest BCUT2D eigenvalue weighted by atomic mass is 9.89. The van der Waals surface area contributed by atoms with E-state index >= 15 is 0 Å². The molecule has 8 heteroatoms. The predicted molar refractivity (Wildman–Crippen MR) is 75.8 cm³/mol. The summed E-state index contributed by atoms with van der Waals surface area (Å²) in [5.74, 6) is -0.498. The lowest BCUT2D eigenvalue weighted by molar-refractivity contribution is -0.137. The summed E-state index contributed by atoms with van der Waals surface area (Å²) in [5.41, 5.74) is -1.66. The molecule has 1 aromatic carbocycles. The second-order valence-electron chi connectivity index (χ2n) is 5.85. The van der Waals surface area contributed by atoms with E-state index in [1.165, 1.54) is 0 Å². The molecule has 1 rings (SSSR count). The van der Waals surface area contributed by atoms with Crippen LogP contribution in [0.1, 0.15) is 56.2 Å². The standard InChI is InChI=1S/C14H18F5NOS/c1-8(7-13(2,3)22(20)21)9-4-10(12(15)16)6-11(5-9)14(17,18)19/h4-6,8,12H,7,20H2,1-3H3/t8-,22?/m1/s1. The highest BCUT2D eigenvalue weighted by Crippen LogP contribution is 2.36. The summed E-state index contributed by atoms with van der Waals surface area (Å²) in [7, 11) is -1.68. The summed E-state index contributed by atoms with van der Waals surface area (Å²) >= 11 is 0. The van der Waals surface area contributed by atoms with Crippen LogP contribution in [-0.4, -0.2) is 8.96 Å². The third kappa shape index (κ3) is 4.74. The van der Waals surface area contributed by atoms with Crippen LogP contribution in [0.3, 0.4) is 0 Å². The van der Waals surface area contributed by atoms with Gasteiger partial charge in [0.15, 0.2) is 0 Å².